The van der Waals surface area contributed by atoms with Crippen molar-refractivity contribution in [3.05, 3.63) is 30.1 Å². The van der Waals surface area contributed by atoms with Crippen molar-refractivity contribution in [2.75, 3.05) is 0 Å². The van der Waals surface area contributed by atoms with E-state index < -0.39 is 5.97 Å². The summed E-state index contributed by atoms with van der Waals surface area (Å²) in [5, 5.41) is 11.3. The average Bonchev–Trinajstić information content (AvgIpc) is 2.64. The molecule has 0 amide bonds. The molecule has 0 radical (unpaired) electrons. The number of benzene rings is 1. The number of para-hydroxylation sites is 2. The second kappa shape index (κ2) is 5.21. The molecule has 4 heteroatoms. The van der Waals surface area contributed by atoms with Crippen molar-refractivity contribution in [1.29, 1.82) is 0 Å². The number of aromatic nitrogens is 2. The quantitative estimate of drug-likeness (QED) is 0.584. The Morgan fingerprint density at radius 1 is 1.33 bits per heavy atom. The predicted molar refractivity (Wildman–Crippen MR) is 67.0 cm³/mol. The number of carbonyl (C=O) groups is 1. The number of hydrogen-bond acceptors (Lipinski definition) is 2. The van der Waals surface area contributed by atoms with Gasteiger partial charge in [-0.25, -0.2) is 9.13 Å². The Morgan fingerprint density at radius 3 is 2.72 bits per heavy atom. The van der Waals surface area contributed by atoms with Crippen LogP contribution >= 0.6 is 0 Å². The van der Waals surface area contributed by atoms with Crippen LogP contribution in [0.15, 0.2) is 24.3 Å². The van der Waals surface area contributed by atoms with Gasteiger partial charge in [-0.05, 0) is 25.0 Å². The average molecular weight is 246 g/mol. The first kappa shape index (κ1) is 12.6. The summed E-state index contributed by atoms with van der Waals surface area (Å²) in [4.78, 5) is 11.3. The monoisotopic (exact) mass is 246 g/mol. The summed E-state index contributed by atoms with van der Waals surface area (Å²) in [6.45, 7) is 2.85. The number of fused-ring (bicyclic) bond motifs is 1. The molecule has 0 spiro atoms. The van der Waals surface area contributed by atoms with Crippen molar-refractivity contribution in [2.24, 2.45) is 7.05 Å². The minimum atomic E-state index is -1.12. The molecule has 0 saturated carbocycles. The molecule has 0 aliphatic rings. The van der Waals surface area contributed by atoms with Crippen molar-refractivity contribution in [3.63, 3.8) is 0 Å². The fraction of sp³-hybridized carbons (Fsp3) is 0.429. The maximum Gasteiger partial charge on any atom is 0.305 e. The first-order valence-corrected chi connectivity index (χ1v) is 6.35. The molecule has 0 aliphatic carbocycles. The molecule has 4 nitrogen and oxygen atoms in total. The SMILES string of the molecule is CCCCCn1c(C(=O)[O-])[n+](C)c2ccccc21. The van der Waals surface area contributed by atoms with Gasteiger partial charge in [-0.2, -0.15) is 0 Å². The lowest BCUT2D eigenvalue weighted by molar-refractivity contribution is -0.650. The lowest BCUT2D eigenvalue weighted by atomic mass is 10.2. The van der Waals surface area contributed by atoms with Crippen LogP contribution < -0.4 is 9.67 Å². The lowest BCUT2D eigenvalue weighted by Crippen LogP contribution is -2.42. The summed E-state index contributed by atoms with van der Waals surface area (Å²) >= 11 is 0. The second-order valence-corrected chi connectivity index (χ2v) is 4.52. The number of aromatic carboxylic acids is 1. The molecule has 2 rings (SSSR count). The highest BCUT2D eigenvalue weighted by Crippen LogP contribution is 2.15. The first-order valence-electron chi connectivity index (χ1n) is 6.35. The van der Waals surface area contributed by atoms with Gasteiger partial charge < -0.3 is 9.90 Å². The standard InChI is InChI=1S/C14H18N2O2/c1-3-4-7-10-16-12-9-6-5-8-11(12)15(2)13(16)14(17)18/h5-6,8-9H,3-4,7,10H2,1-2H3. The maximum absolute atomic E-state index is 11.3. The van der Waals surface area contributed by atoms with Gasteiger partial charge in [0.1, 0.15) is 0 Å². The van der Waals surface area contributed by atoms with Crippen LogP contribution in [-0.4, -0.2) is 10.5 Å². The summed E-state index contributed by atoms with van der Waals surface area (Å²) in [5.74, 6) is -0.877. The van der Waals surface area contributed by atoms with Crippen LogP contribution in [-0.2, 0) is 13.6 Å². The smallest absolute Gasteiger partial charge is 0.305 e. The van der Waals surface area contributed by atoms with Crippen LogP contribution in [0.4, 0.5) is 0 Å². The topological polar surface area (TPSA) is 48.9 Å². The van der Waals surface area contributed by atoms with Crippen LogP contribution in [0, 0.1) is 0 Å². The van der Waals surface area contributed by atoms with E-state index in [1.54, 1.807) is 11.6 Å². The zero-order chi connectivity index (χ0) is 13.1. The molecule has 0 fully saturated rings. The Kier molecular flexibility index (Phi) is 3.65. The summed E-state index contributed by atoms with van der Waals surface area (Å²) < 4.78 is 3.54. The molecule has 0 unspecified atom stereocenters. The molecule has 1 aromatic carbocycles. The molecule has 0 N–H and O–H groups in total. The van der Waals surface area contributed by atoms with Gasteiger partial charge in [0.2, 0.25) is 0 Å². The van der Waals surface area contributed by atoms with E-state index in [4.69, 9.17) is 0 Å². The number of hydrogen-bond donors (Lipinski definition) is 0. The Labute approximate surface area is 106 Å². The van der Waals surface area contributed by atoms with Crippen LogP contribution in [0.3, 0.4) is 0 Å². The Morgan fingerprint density at radius 2 is 2.06 bits per heavy atom. The summed E-state index contributed by atoms with van der Waals surface area (Å²) in [6, 6.07) is 7.72. The van der Waals surface area contributed by atoms with Gasteiger partial charge in [-0.1, -0.05) is 25.5 Å². The first-order chi connectivity index (χ1) is 8.66. The fourth-order valence-electron chi connectivity index (χ4n) is 2.38. The van der Waals surface area contributed by atoms with Crippen LogP contribution in [0.1, 0.15) is 36.8 Å². The van der Waals surface area contributed by atoms with Crippen molar-refractivity contribution < 1.29 is 14.5 Å². The van der Waals surface area contributed by atoms with E-state index in [9.17, 15) is 9.90 Å². The van der Waals surface area contributed by atoms with E-state index in [1.165, 1.54) is 0 Å². The van der Waals surface area contributed by atoms with Gasteiger partial charge in [-0.3, -0.25) is 0 Å². The molecular weight excluding hydrogens is 228 g/mol. The van der Waals surface area contributed by atoms with E-state index in [0.717, 1.165) is 36.8 Å². The zero-order valence-electron chi connectivity index (χ0n) is 10.8. The number of imidazole rings is 1. The number of carboxylic acid groups (broad SMARTS) is 1. The van der Waals surface area contributed by atoms with Gasteiger partial charge in [0.15, 0.2) is 17.0 Å². The molecule has 18 heavy (non-hydrogen) atoms. The highest BCUT2D eigenvalue weighted by Gasteiger charge is 2.22. The third kappa shape index (κ3) is 2.10. The number of rotatable bonds is 5. The Hall–Kier alpha value is -1.84. The van der Waals surface area contributed by atoms with Gasteiger partial charge in [0.25, 0.3) is 0 Å². The highest BCUT2D eigenvalue weighted by molar-refractivity contribution is 5.85. The van der Waals surface area contributed by atoms with Gasteiger partial charge in [0.05, 0.1) is 13.6 Å². The van der Waals surface area contributed by atoms with Crippen LogP contribution in [0.2, 0.25) is 0 Å². The molecule has 0 saturated heterocycles. The molecule has 1 aromatic heterocycles. The third-order valence-corrected chi connectivity index (χ3v) is 3.28. The zero-order valence-corrected chi connectivity index (χ0v) is 10.8. The van der Waals surface area contributed by atoms with Crippen molar-refractivity contribution in [2.45, 2.75) is 32.7 Å². The second-order valence-electron chi connectivity index (χ2n) is 4.52. The van der Waals surface area contributed by atoms with Crippen molar-refractivity contribution in [1.82, 2.24) is 4.57 Å². The van der Waals surface area contributed by atoms with Gasteiger partial charge in [-0.15, -0.1) is 0 Å². The normalized spacial score (nSPS) is 11.0. The van der Waals surface area contributed by atoms with E-state index in [1.807, 2.05) is 28.8 Å². The summed E-state index contributed by atoms with van der Waals surface area (Å²) in [7, 11) is 1.77. The van der Waals surface area contributed by atoms with Crippen molar-refractivity contribution >= 4 is 17.0 Å². The molecular formula is C14H18N2O2. The van der Waals surface area contributed by atoms with Crippen LogP contribution in [0.25, 0.3) is 11.0 Å². The summed E-state index contributed by atoms with van der Waals surface area (Å²) in [5.41, 5.74) is 1.88. The summed E-state index contributed by atoms with van der Waals surface area (Å²) in [6.07, 6.45) is 3.20. The van der Waals surface area contributed by atoms with E-state index in [-0.39, 0.29) is 5.82 Å². The molecule has 0 bridgehead atoms. The maximum atomic E-state index is 11.3. The fourth-order valence-corrected chi connectivity index (χ4v) is 2.38. The van der Waals surface area contributed by atoms with E-state index >= 15 is 0 Å². The lowest BCUT2D eigenvalue weighted by Gasteiger charge is -2.03. The molecule has 0 atom stereocenters. The van der Waals surface area contributed by atoms with E-state index in [2.05, 4.69) is 6.92 Å². The van der Waals surface area contributed by atoms with Crippen molar-refractivity contribution in [3.8, 4) is 0 Å². The number of carboxylic acids is 1. The van der Waals surface area contributed by atoms with E-state index in [0.29, 0.717) is 0 Å². The molecule has 0 aliphatic heterocycles. The molecule has 2 aromatic rings. The Bertz CT molecular complexity index is 572. The van der Waals surface area contributed by atoms with Gasteiger partial charge >= 0.3 is 5.82 Å². The minimum Gasteiger partial charge on any atom is -0.538 e. The largest absolute Gasteiger partial charge is 0.538 e. The number of unbranched alkanes of at least 4 members (excludes halogenated alkanes) is 2. The Balaban J connectivity index is 2.53. The molecule has 1 heterocycles. The number of carbonyl (C=O) groups excluding carboxylic acids is 1. The highest BCUT2D eigenvalue weighted by atomic mass is 16.4. The van der Waals surface area contributed by atoms with Crippen LogP contribution in [0.5, 0.6) is 0 Å². The third-order valence-electron chi connectivity index (χ3n) is 3.28. The number of nitrogens with zero attached hydrogens (tertiary/aromatic N) is 2. The predicted octanol–water partition coefficient (Wildman–Crippen LogP) is 1.02. The van der Waals surface area contributed by atoms with Gasteiger partial charge in [0, 0.05) is 0 Å². The molecule has 96 valence electrons. The minimum absolute atomic E-state index is 0.243. The number of aryl methyl sites for hydroxylation is 2.